The van der Waals surface area contributed by atoms with Crippen LogP contribution in [0.15, 0.2) is 0 Å². The van der Waals surface area contributed by atoms with Crippen LogP contribution in [0.2, 0.25) is 0 Å². The van der Waals surface area contributed by atoms with E-state index >= 15 is 0 Å². The molecule has 0 saturated carbocycles. The van der Waals surface area contributed by atoms with Crippen molar-refractivity contribution in [2.45, 2.75) is 24.7 Å². The lowest BCUT2D eigenvalue weighted by Gasteiger charge is -2.15. The number of sulfone groups is 1. The predicted octanol–water partition coefficient (Wildman–Crippen LogP) is -0.185. The second kappa shape index (κ2) is 6.54. The second-order valence-corrected chi connectivity index (χ2v) is 6.35. The summed E-state index contributed by atoms with van der Waals surface area (Å²) in [7, 11) is -1.40. The molecule has 1 fully saturated rings. The number of hydrogen-bond donors (Lipinski definition) is 1. The highest BCUT2D eigenvalue weighted by Crippen LogP contribution is 2.21. The molecule has 0 bridgehead atoms. The van der Waals surface area contributed by atoms with Gasteiger partial charge in [-0.05, 0) is 13.3 Å². The molecule has 1 aliphatic heterocycles. The lowest BCUT2D eigenvalue weighted by atomic mass is 10.3. The van der Waals surface area contributed by atoms with Gasteiger partial charge in [0.1, 0.15) is 0 Å². The first kappa shape index (κ1) is 13.9. The van der Waals surface area contributed by atoms with Crippen LogP contribution in [-0.2, 0) is 19.3 Å². The molecule has 1 rings (SSSR count). The summed E-state index contributed by atoms with van der Waals surface area (Å²) in [5, 5.41) is 2.71. The molecule has 6 heteroatoms. The van der Waals surface area contributed by atoms with Gasteiger partial charge in [0.2, 0.25) is 0 Å². The Morgan fingerprint density at radius 2 is 2.19 bits per heavy atom. The first-order valence-corrected chi connectivity index (χ1v) is 7.32. The van der Waals surface area contributed by atoms with Gasteiger partial charge in [-0.1, -0.05) is 0 Å². The van der Waals surface area contributed by atoms with E-state index in [1.165, 1.54) is 0 Å². The molecule has 0 spiro atoms. The minimum absolute atomic E-state index is 0.163. The number of rotatable bonds is 7. The van der Waals surface area contributed by atoms with Crippen molar-refractivity contribution in [3.05, 3.63) is 0 Å². The Balaban J connectivity index is 2.29. The Labute approximate surface area is 97.4 Å². The van der Waals surface area contributed by atoms with E-state index in [4.69, 9.17) is 9.47 Å². The molecule has 0 radical (unpaired) electrons. The Kier molecular flexibility index (Phi) is 5.68. The van der Waals surface area contributed by atoms with Crippen molar-refractivity contribution in [3.8, 4) is 0 Å². The Bertz CT molecular complexity index is 291. The van der Waals surface area contributed by atoms with Crippen molar-refractivity contribution in [1.29, 1.82) is 0 Å². The van der Waals surface area contributed by atoms with Gasteiger partial charge in [-0.3, -0.25) is 0 Å². The largest absolute Gasteiger partial charge is 0.383 e. The van der Waals surface area contributed by atoms with Gasteiger partial charge in [0, 0.05) is 26.8 Å². The summed E-state index contributed by atoms with van der Waals surface area (Å²) in [4.78, 5) is 0. The van der Waals surface area contributed by atoms with Crippen LogP contribution in [0.1, 0.15) is 13.3 Å². The van der Waals surface area contributed by atoms with Crippen molar-refractivity contribution in [2.24, 2.45) is 0 Å². The van der Waals surface area contributed by atoms with Crippen LogP contribution < -0.4 is 5.32 Å². The van der Waals surface area contributed by atoms with Gasteiger partial charge in [0.15, 0.2) is 9.84 Å². The third kappa shape index (κ3) is 4.01. The van der Waals surface area contributed by atoms with E-state index in [9.17, 15) is 8.42 Å². The first-order valence-electron chi connectivity index (χ1n) is 5.61. The number of methoxy groups -OCH3 is 1. The molecule has 2 atom stereocenters. The van der Waals surface area contributed by atoms with E-state index < -0.39 is 9.84 Å². The first-order chi connectivity index (χ1) is 7.58. The maximum atomic E-state index is 11.9. The minimum Gasteiger partial charge on any atom is -0.383 e. The lowest BCUT2D eigenvalue weighted by molar-refractivity contribution is 0.126. The maximum Gasteiger partial charge on any atom is 0.157 e. The van der Waals surface area contributed by atoms with Crippen LogP contribution in [-0.4, -0.2) is 58.9 Å². The van der Waals surface area contributed by atoms with E-state index in [1.807, 2.05) is 6.92 Å². The average molecular weight is 251 g/mol. The van der Waals surface area contributed by atoms with E-state index in [0.29, 0.717) is 32.7 Å². The predicted molar refractivity (Wildman–Crippen MR) is 62.4 cm³/mol. The average Bonchev–Trinajstić information content (AvgIpc) is 2.65. The highest BCUT2D eigenvalue weighted by molar-refractivity contribution is 7.92. The zero-order valence-corrected chi connectivity index (χ0v) is 10.8. The Hall–Kier alpha value is -0.170. The fraction of sp³-hybridized carbons (Fsp3) is 1.00. The van der Waals surface area contributed by atoms with Gasteiger partial charge in [0.25, 0.3) is 0 Å². The smallest absolute Gasteiger partial charge is 0.157 e. The van der Waals surface area contributed by atoms with Crippen LogP contribution in [0, 0.1) is 0 Å². The van der Waals surface area contributed by atoms with Gasteiger partial charge >= 0.3 is 0 Å². The molecule has 0 amide bonds. The molecule has 1 heterocycles. The third-order valence-electron chi connectivity index (χ3n) is 2.81. The lowest BCUT2D eigenvalue weighted by Crippen LogP contribution is -2.34. The molecule has 1 N–H and O–H groups in total. The minimum atomic E-state index is -3.02. The van der Waals surface area contributed by atoms with Crippen LogP contribution in [0.25, 0.3) is 0 Å². The molecule has 5 nitrogen and oxygen atoms in total. The zero-order valence-electron chi connectivity index (χ0n) is 9.94. The summed E-state index contributed by atoms with van der Waals surface area (Å²) >= 11 is 0. The van der Waals surface area contributed by atoms with Gasteiger partial charge in [0.05, 0.1) is 23.7 Å². The SMILES string of the molecule is COCCNCCS(=O)(=O)C1CCOC1C. The molecule has 96 valence electrons. The van der Waals surface area contributed by atoms with Crippen LogP contribution in [0.5, 0.6) is 0 Å². The van der Waals surface area contributed by atoms with Crippen LogP contribution in [0.4, 0.5) is 0 Å². The fourth-order valence-corrected chi connectivity index (χ4v) is 3.70. The van der Waals surface area contributed by atoms with Gasteiger partial charge in [-0.25, -0.2) is 8.42 Å². The summed E-state index contributed by atoms with van der Waals surface area (Å²) in [6, 6.07) is 0. The molecule has 0 aliphatic carbocycles. The summed E-state index contributed by atoms with van der Waals surface area (Å²) < 4.78 is 34.0. The standard InChI is InChI=1S/C10H21NO4S/c1-9-10(3-6-15-9)16(12,13)8-5-11-4-7-14-2/h9-11H,3-8H2,1-2H3. The van der Waals surface area contributed by atoms with E-state index in [0.717, 1.165) is 0 Å². The molecule has 1 saturated heterocycles. The fourth-order valence-electron chi connectivity index (χ4n) is 1.85. The molecular formula is C10H21NO4S. The molecule has 16 heavy (non-hydrogen) atoms. The molecule has 2 unspecified atom stereocenters. The number of hydrogen-bond acceptors (Lipinski definition) is 5. The Morgan fingerprint density at radius 1 is 1.44 bits per heavy atom. The van der Waals surface area contributed by atoms with Crippen molar-refractivity contribution < 1.29 is 17.9 Å². The molecular weight excluding hydrogens is 230 g/mol. The van der Waals surface area contributed by atoms with Crippen LogP contribution in [0.3, 0.4) is 0 Å². The highest BCUT2D eigenvalue weighted by atomic mass is 32.2. The summed E-state index contributed by atoms with van der Waals surface area (Å²) in [5.41, 5.74) is 0. The molecule has 0 aromatic carbocycles. The maximum absolute atomic E-state index is 11.9. The summed E-state index contributed by atoms with van der Waals surface area (Å²) in [6.45, 7) is 4.15. The summed E-state index contributed by atoms with van der Waals surface area (Å²) in [5.74, 6) is 0.176. The Morgan fingerprint density at radius 3 is 2.75 bits per heavy atom. The molecule has 0 aromatic heterocycles. The van der Waals surface area contributed by atoms with Crippen molar-refractivity contribution in [1.82, 2.24) is 5.32 Å². The third-order valence-corrected chi connectivity index (χ3v) is 5.13. The number of ether oxygens (including phenoxy) is 2. The van der Waals surface area contributed by atoms with Crippen molar-refractivity contribution >= 4 is 9.84 Å². The van der Waals surface area contributed by atoms with Gasteiger partial charge in [-0.15, -0.1) is 0 Å². The van der Waals surface area contributed by atoms with Gasteiger partial charge in [-0.2, -0.15) is 0 Å². The summed E-state index contributed by atoms with van der Waals surface area (Å²) in [6.07, 6.45) is 0.464. The highest BCUT2D eigenvalue weighted by Gasteiger charge is 2.34. The van der Waals surface area contributed by atoms with E-state index in [1.54, 1.807) is 7.11 Å². The molecule has 1 aliphatic rings. The van der Waals surface area contributed by atoms with E-state index in [2.05, 4.69) is 5.32 Å². The van der Waals surface area contributed by atoms with Crippen molar-refractivity contribution in [2.75, 3.05) is 39.2 Å². The van der Waals surface area contributed by atoms with E-state index in [-0.39, 0.29) is 17.1 Å². The second-order valence-electron chi connectivity index (χ2n) is 4.01. The topological polar surface area (TPSA) is 64.6 Å². The van der Waals surface area contributed by atoms with Gasteiger partial charge < -0.3 is 14.8 Å². The zero-order chi connectivity index (χ0) is 12.0. The van der Waals surface area contributed by atoms with Crippen molar-refractivity contribution in [3.63, 3.8) is 0 Å². The quantitative estimate of drug-likeness (QED) is 0.636. The number of nitrogens with one attached hydrogen (secondary N) is 1. The monoisotopic (exact) mass is 251 g/mol. The molecule has 0 aromatic rings. The normalized spacial score (nSPS) is 26.1. The van der Waals surface area contributed by atoms with Crippen LogP contribution >= 0.6 is 0 Å².